The molecule has 0 aliphatic heterocycles. The zero-order valence-corrected chi connectivity index (χ0v) is 11.7. The fourth-order valence-corrected chi connectivity index (χ4v) is 1.06. The van der Waals surface area contributed by atoms with E-state index in [-0.39, 0.29) is 5.97 Å². The molecule has 0 bridgehead atoms. The number of ether oxygens (including phenoxy) is 1. The third-order valence-corrected chi connectivity index (χ3v) is 1.80. The van der Waals surface area contributed by atoms with E-state index < -0.39 is 0 Å². The van der Waals surface area contributed by atoms with Crippen LogP contribution >= 0.6 is 0 Å². The van der Waals surface area contributed by atoms with Gasteiger partial charge in [0.1, 0.15) is 0 Å². The second-order valence-corrected chi connectivity index (χ2v) is 3.34. The Balaban J connectivity index is -0.000000188. The molecule has 3 nitrogen and oxygen atoms in total. The summed E-state index contributed by atoms with van der Waals surface area (Å²) in [6, 6.07) is 0. The molecule has 0 fully saturated rings. The number of hydrogen-bond acceptors (Lipinski definition) is 3. The lowest BCUT2D eigenvalue weighted by Crippen LogP contribution is -1.95. The molecule has 0 aliphatic rings. The predicted octanol–water partition coefficient (Wildman–Crippen LogP) is 3.54. The molecule has 0 radical (unpaired) electrons. The Morgan fingerprint density at radius 2 is 1.31 bits per heavy atom. The third-order valence-electron chi connectivity index (χ3n) is 1.80. The van der Waals surface area contributed by atoms with Gasteiger partial charge in [0.05, 0.1) is 6.61 Å². The summed E-state index contributed by atoms with van der Waals surface area (Å²) in [6.45, 7) is 8.16. The molecule has 1 N–H and O–H groups in total. The van der Waals surface area contributed by atoms with Gasteiger partial charge in [-0.25, -0.2) is 0 Å². The average Bonchev–Trinajstić information content (AvgIpc) is 2.28. The van der Waals surface area contributed by atoms with Crippen molar-refractivity contribution in [3.8, 4) is 0 Å². The Bertz CT molecular complexity index is 108. The maximum absolute atomic E-state index is 9.82. The SMILES string of the molecule is CCCCCCCC.CCOC(C)=O.CO. The summed E-state index contributed by atoms with van der Waals surface area (Å²) in [6.07, 6.45) is 8.49. The van der Waals surface area contributed by atoms with Crippen LogP contribution in [0.4, 0.5) is 0 Å². The first-order valence-electron chi connectivity index (χ1n) is 6.27. The number of aliphatic hydroxyl groups excluding tert-OH is 1. The molecule has 0 amide bonds. The van der Waals surface area contributed by atoms with Crippen LogP contribution in [0.1, 0.15) is 66.2 Å². The van der Waals surface area contributed by atoms with Crippen LogP contribution in [0.3, 0.4) is 0 Å². The van der Waals surface area contributed by atoms with E-state index in [1.807, 2.05) is 0 Å². The highest BCUT2D eigenvalue weighted by molar-refractivity contribution is 5.65. The van der Waals surface area contributed by atoms with E-state index in [2.05, 4.69) is 18.6 Å². The van der Waals surface area contributed by atoms with Crippen LogP contribution in [-0.4, -0.2) is 24.8 Å². The van der Waals surface area contributed by atoms with Crippen LogP contribution < -0.4 is 0 Å². The topological polar surface area (TPSA) is 46.5 Å². The largest absolute Gasteiger partial charge is 0.466 e. The van der Waals surface area contributed by atoms with E-state index in [0.717, 1.165) is 7.11 Å². The van der Waals surface area contributed by atoms with E-state index in [4.69, 9.17) is 5.11 Å². The van der Waals surface area contributed by atoms with Gasteiger partial charge in [0.2, 0.25) is 0 Å². The fraction of sp³-hybridized carbons (Fsp3) is 0.923. The lowest BCUT2D eigenvalue weighted by atomic mass is 10.1. The first-order chi connectivity index (χ1) is 7.68. The van der Waals surface area contributed by atoms with Gasteiger partial charge in [0.15, 0.2) is 0 Å². The molecule has 16 heavy (non-hydrogen) atoms. The number of rotatable bonds is 6. The first kappa shape index (κ1) is 20.8. The standard InChI is InChI=1S/C8H18.C4H8O2.CH4O/c1-3-5-7-8-6-4-2;1-3-6-4(2)5;1-2/h3-8H2,1-2H3;3H2,1-2H3;2H,1H3. The number of unbranched alkanes of at least 4 members (excludes halogenated alkanes) is 5. The van der Waals surface area contributed by atoms with Crippen molar-refractivity contribution in [1.82, 2.24) is 0 Å². The van der Waals surface area contributed by atoms with Crippen LogP contribution in [0.5, 0.6) is 0 Å². The number of carbonyl (C=O) groups is 1. The second-order valence-electron chi connectivity index (χ2n) is 3.34. The van der Waals surface area contributed by atoms with E-state index in [0.29, 0.717) is 6.61 Å². The summed E-state index contributed by atoms with van der Waals surface area (Å²) < 4.78 is 4.40. The smallest absolute Gasteiger partial charge is 0.302 e. The maximum atomic E-state index is 9.82. The fourth-order valence-electron chi connectivity index (χ4n) is 1.06. The van der Waals surface area contributed by atoms with Crippen LogP contribution in [0.2, 0.25) is 0 Å². The van der Waals surface area contributed by atoms with Crippen molar-refractivity contribution in [2.45, 2.75) is 66.2 Å². The highest BCUT2D eigenvalue weighted by Crippen LogP contribution is 2.03. The van der Waals surface area contributed by atoms with E-state index in [9.17, 15) is 4.79 Å². The summed E-state index contributed by atoms with van der Waals surface area (Å²) >= 11 is 0. The Morgan fingerprint density at radius 3 is 1.44 bits per heavy atom. The molecule has 0 heterocycles. The number of carbonyl (C=O) groups excluding carboxylic acids is 1. The summed E-state index contributed by atoms with van der Waals surface area (Å²) in [4.78, 5) is 9.82. The Kier molecular flexibility index (Phi) is 31.1. The van der Waals surface area contributed by atoms with Gasteiger partial charge in [-0.1, -0.05) is 52.4 Å². The molecule has 0 rings (SSSR count). The molecule has 0 saturated carbocycles. The molecule has 0 atom stereocenters. The van der Waals surface area contributed by atoms with Gasteiger partial charge in [0, 0.05) is 14.0 Å². The van der Waals surface area contributed by atoms with Crippen molar-refractivity contribution in [1.29, 1.82) is 0 Å². The van der Waals surface area contributed by atoms with Crippen molar-refractivity contribution < 1.29 is 14.6 Å². The van der Waals surface area contributed by atoms with Gasteiger partial charge < -0.3 is 9.84 Å². The van der Waals surface area contributed by atoms with Gasteiger partial charge >= 0.3 is 5.97 Å². The lowest BCUT2D eigenvalue weighted by molar-refractivity contribution is -0.140. The molecule has 3 heteroatoms. The lowest BCUT2D eigenvalue weighted by Gasteiger charge is -1.93. The number of aliphatic hydroxyl groups is 1. The molecule has 0 aromatic heterocycles. The third kappa shape index (κ3) is 37.6. The molecule has 0 unspecified atom stereocenters. The van der Waals surface area contributed by atoms with Crippen molar-refractivity contribution in [3.05, 3.63) is 0 Å². The summed E-state index contributed by atoms with van der Waals surface area (Å²) in [5.41, 5.74) is 0. The van der Waals surface area contributed by atoms with Crippen LogP contribution in [0, 0.1) is 0 Å². The summed E-state index contributed by atoms with van der Waals surface area (Å²) in [5, 5.41) is 7.00. The minimum absolute atomic E-state index is 0.211. The second kappa shape index (κ2) is 23.9. The molecule has 0 aliphatic carbocycles. The zero-order valence-electron chi connectivity index (χ0n) is 11.7. The van der Waals surface area contributed by atoms with Gasteiger partial charge in [0.25, 0.3) is 0 Å². The van der Waals surface area contributed by atoms with E-state index >= 15 is 0 Å². The Morgan fingerprint density at radius 1 is 0.938 bits per heavy atom. The minimum Gasteiger partial charge on any atom is -0.466 e. The van der Waals surface area contributed by atoms with Crippen molar-refractivity contribution in [3.63, 3.8) is 0 Å². The quantitative estimate of drug-likeness (QED) is 0.565. The van der Waals surface area contributed by atoms with E-state index in [1.165, 1.54) is 45.4 Å². The molecule has 0 aromatic carbocycles. The maximum Gasteiger partial charge on any atom is 0.302 e. The zero-order chi connectivity index (χ0) is 13.2. The molecule has 0 saturated heterocycles. The average molecular weight is 234 g/mol. The Labute approximate surface area is 101 Å². The van der Waals surface area contributed by atoms with Gasteiger partial charge in [-0.05, 0) is 6.92 Å². The monoisotopic (exact) mass is 234 g/mol. The highest BCUT2D eigenvalue weighted by Gasteiger charge is 1.83. The summed E-state index contributed by atoms with van der Waals surface area (Å²) in [7, 11) is 1.00. The Hall–Kier alpha value is -0.570. The van der Waals surface area contributed by atoms with E-state index in [1.54, 1.807) is 6.92 Å². The van der Waals surface area contributed by atoms with Crippen molar-refractivity contribution in [2.75, 3.05) is 13.7 Å². The number of esters is 1. The minimum atomic E-state index is -0.211. The highest BCUT2D eigenvalue weighted by atomic mass is 16.5. The molecular formula is C13H30O3. The van der Waals surface area contributed by atoms with Crippen LogP contribution in [0.15, 0.2) is 0 Å². The van der Waals surface area contributed by atoms with Gasteiger partial charge in [-0.2, -0.15) is 0 Å². The molecule has 100 valence electrons. The van der Waals surface area contributed by atoms with Crippen LogP contribution in [0.25, 0.3) is 0 Å². The molecule has 0 spiro atoms. The predicted molar refractivity (Wildman–Crippen MR) is 69.5 cm³/mol. The van der Waals surface area contributed by atoms with Gasteiger partial charge in [-0.15, -0.1) is 0 Å². The van der Waals surface area contributed by atoms with Gasteiger partial charge in [-0.3, -0.25) is 4.79 Å². The van der Waals surface area contributed by atoms with Crippen molar-refractivity contribution in [2.24, 2.45) is 0 Å². The van der Waals surface area contributed by atoms with Crippen molar-refractivity contribution >= 4 is 5.97 Å². The van der Waals surface area contributed by atoms with Crippen LogP contribution in [-0.2, 0) is 9.53 Å². The molecular weight excluding hydrogens is 204 g/mol. The first-order valence-corrected chi connectivity index (χ1v) is 6.27. The normalized spacial score (nSPS) is 8.12. The number of hydrogen-bond donors (Lipinski definition) is 1. The molecule has 0 aromatic rings. The summed E-state index contributed by atoms with van der Waals surface area (Å²) in [5.74, 6) is -0.211.